The zero-order valence-corrected chi connectivity index (χ0v) is 15.1. The van der Waals surface area contributed by atoms with Gasteiger partial charge < -0.3 is 9.63 Å². The van der Waals surface area contributed by atoms with E-state index in [1.165, 1.54) is 5.56 Å². The Kier molecular flexibility index (Phi) is 6.66. The zero-order chi connectivity index (χ0) is 18.9. The van der Waals surface area contributed by atoms with Crippen LogP contribution in [0.2, 0.25) is 0 Å². The van der Waals surface area contributed by atoms with Crippen LogP contribution in [-0.4, -0.2) is 20.2 Å². The molecule has 0 saturated heterocycles. The van der Waals surface area contributed by atoms with Crippen LogP contribution >= 0.6 is 0 Å². The highest BCUT2D eigenvalue weighted by Crippen LogP contribution is 2.21. The summed E-state index contributed by atoms with van der Waals surface area (Å²) in [5.41, 5.74) is 2.11. The first-order valence-corrected chi connectivity index (χ1v) is 9.19. The Morgan fingerprint density at radius 1 is 0.963 bits per heavy atom. The first-order chi connectivity index (χ1) is 13.3. The number of aliphatic hydroxyl groups excluding tert-OH is 1. The number of aromatic nitrogens is 3. The monoisotopic (exact) mass is 362 g/mol. The molecule has 0 aliphatic heterocycles. The third-order valence-electron chi connectivity index (χ3n) is 4.36. The fourth-order valence-corrected chi connectivity index (χ4v) is 2.88. The molecule has 0 spiro atoms. The van der Waals surface area contributed by atoms with E-state index in [2.05, 4.69) is 39.4 Å². The topological polar surface area (TPSA) is 95.8 Å². The van der Waals surface area contributed by atoms with Crippen molar-refractivity contribution in [1.29, 1.82) is 5.26 Å². The summed E-state index contributed by atoms with van der Waals surface area (Å²) >= 11 is 0. The maximum atomic E-state index is 10.2. The summed E-state index contributed by atoms with van der Waals surface area (Å²) in [7, 11) is 0. The minimum atomic E-state index is -0.778. The van der Waals surface area contributed by atoms with Crippen molar-refractivity contribution >= 4 is 0 Å². The second kappa shape index (κ2) is 9.60. The van der Waals surface area contributed by atoms with Gasteiger partial charge in [-0.1, -0.05) is 60.8 Å². The van der Waals surface area contributed by atoms with Crippen molar-refractivity contribution in [3.8, 4) is 17.6 Å². The smallest absolute Gasteiger partial charge is 0.255 e. The normalized spacial score (nSPS) is 11.9. The molecule has 1 atom stereocenters. The molecule has 138 valence electrons. The molecule has 0 saturated carbocycles. The fraction of sp³-hybridized carbons (Fsp3) is 0.333. The molecule has 2 aromatic heterocycles. The first kappa shape index (κ1) is 18.7. The summed E-state index contributed by atoms with van der Waals surface area (Å²) < 4.78 is 5.16. The van der Waals surface area contributed by atoms with E-state index in [9.17, 15) is 5.11 Å². The van der Waals surface area contributed by atoms with Gasteiger partial charge in [0.15, 0.2) is 0 Å². The summed E-state index contributed by atoms with van der Waals surface area (Å²) in [6.45, 7) is 0. The van der Waals surface area contributed by atoms with Gasteiger partial charge in [0.2, 0.25) is 5.82 Å². The number of rotatable bonds is 9. The number of aryl methyl sites for hydroxylation is 1. The molecule has 1 unspecified atom stereocenters. The Hall–Kier alpha value is -3.04. The third kappa shape index (κ3) is 5.47. The maximum Gasteiger partial charge on any atom is 0.255 e. The predicted molar refractivity (Wildman–Crippen MR) is 100 cm³/mol. The molecule has 1 N–H and O–H groups in total. The van der Waals surface area contributed by atoms with Crippen molar-refractivity contribution < 1.29 is 9.63 Å². The average Bonchev–Trinajstić information content (AvgIpc) is 3.22. The highest BCUT2D eigenvalue weighted by atomic mass is 16.5. The van der Waals surface area contributed by atoms with Gasteiger partial charge in [0.05, 0.1) is 0 Å². The second-order valence-corrected chi connectivity index (χ2v) is 6.43. The van der Waals surface area contributed by atoms with Gasteiger partial charge in [0.1, 0.15) is 23.6 Å². The van der Waals surface area contributed by atoms with Crippen LogP contribution in [-0.2, 0) is 6.42 Å². The molecule has 0 aliphatic rings. The Labute approximate surface area is 158 Å². The number of benzene rings is 1. The lowest BCUT2D eigenvalue weighted by Crippen LogP contribution is -1.98. The minimum absolute atomic E-state index is 0.193. The predicted octanol–water partition coefficient (Wildman–Crippen LogP) is 4.23. The van der Waals surface area contributed by atoms with Crippen LogP contribution in [0.5, 0.6) is 0 Å². The lowest BCUT2D eigenvalue weighted by atomic mass is 10.0. The van der Waals surface area contributed by atoms with Crippen molar-refractivity contribution in [2.45, 2.75) is 44.6 Å². The largest absolute Gasteiger partial charge is 0.383 e. The third-order valence-corrected chi connectivity index (χ3v) is 4.36. The quantitative estimate of drug-likeness (QED) is 0.572. The molecule has 3 rings (SSSR count). The number of hydrogen-bond acceptors (Lipinski definition) is 6. The van der Waals surface area contributed by atoms with Crippen LogP contribution in [0.15, 0.2) is 53.1 Å². The second-order valence-electron chi connectivity index (χ2n) is 6.43. The number of aliphatic hydroxyl groups is 1. The molecule has 6 nitrogen and oxygen atoms in total. The number of nitrogens with zero attached hydrogens (tertiary/aromatic N) is 4. The molecule has 0 fully saturated rings. The summed E-state index contributed by atoms with van der Waals surface area (Å²) in [5.74, 6) is 0.474. The maximum absolute atomic E-state index is 10.2. The Morgan fingerprint density at radius 3 is 2.59 bits per heavy atom. The molecule has 27 heavy (non-hydrogen) atoms. The lowest BCUT2D eigenvalue weighted by Gasteiger charge is -2.05. The molecule has 0 amide bonds. The van der Waals surface area contributed by atoms with Gasteiger partial charge >= 0.3 is 0 Å². The van der Waals surface area contributed by atoms with E-state index in [1.54, 1.807) is 18.2 Å². The molecule has 0 radical (unpaired) electrons. The minimum Gasteiger partial charge on any atom is -0.383 e. The summed E-state index contributed by atoms with van der Waals surface area (Å²) in [4.78, 5) is 8.34. The van der Waals surface area contributed by atoms with E-state index in [-0.39, 0.29) is 17.4 Å². The van der Waals surface area contributed by atoms with Crippen LogP contribution < -0.4 is 0 Å². The summed E-state index contributed by atoms with van der Waals surface area (Å²) in [5, 5.41) is 23.0. The van der Waals surface area contributed by atoms with E-state index >= 15 is 0 Å². The number of pyridine rings is 1. The molecule has 1 aromatic carbocycles. The molecule has 6 heteroatoms. The Morgan fingerprint density at radius 2 is 1.78 bits per heavy atom. The standard InChI is InChI=1S/C21H22N4O2/c22-15-17-12-8-13-18(23-17)20-24-21(27-25-20)19(26)14-7-2-1-4-9-16-10-5-3-6-11-16/h3,5-6,8,10-13,19,26H,1-2,4,7,9,14H2. The molecule has 2 heterocycles. The van der Waals surface area contributed by atoms with E-state index in [4.69, 9.17) is 9.78 Å². The lowest BCUT2D eigenvalue weighted by molar-refractivity contribution is 0.121. The summed E-state index contributed by atoms with van der Waals surface area (Å²) in [6.07, 6.45) is 5.11. The molecule has 0 bridgehead atoms. The van der Waals surface area contributed by atoms with E-state index < -0.39 is 6.10 Å². The summed E-state index contributed by atoms with van der Waals surface area (Å²) in [6, 6.07) is 17.5. The van der Waals surface area contributed by atoms with Gasteiger partial charge in [-0.05, 0) is 37.0 Å². The van der Waals surface area contributed by atoms with Crippen LogP contribution in [0.3, 0.4) is 0 Å². The van der Waals surface area contributed by atoms with Gasteiger partial charge in [-0.25, -0.2) is 4.98 Å². The zero-order valence-electron chi connectivity index (χ0n) is 15.1. The fourth-order valence-electron chi connectivity index (χ4n) is 2.88. The van der Waals surface area contributed by atoms with Gasteiger partial charge in [-0.2, -0.15) is 10.2 Å². The highest BCUT2D eigenvalue weighted by molar-refractivity contribution is 5.49. The van der Waals surface area contributed by atoms with Gasteiger partial charge in [0, 0.05) is 0 Å². The number of unbranched alkanes of at least 4 members (excludes halogenated alkanes) is 3. The van der Waals surface area contributed by atoms with Crippen LogP contribution in [0.4, 0.5) is 0 Å². The van der Waals surface area contributed by atoms with Crippen LogP contribution in [0.25, 0.3) is 11.5 Å². The molecular formula is C21H22N4O2. The Balaban J connectivity index is 1.41. The first-order valence-electron chi connectivity index (χ1n) is 9.19. The van der Waals surface area contributed by atoms with Gasteiger partial charge in [0.25, 0.3) is 5.89 Å². The molecule has 3 aromatic rings. The van der Waals surface area contributed by atoms with Gasteiger partial charge in [-0.3, -0.25) is 0 Å². The highest BCUT2D eigenvalue weighted by Gasteiger charge is 2.17. The van der Waals surface area contributed by atoms with Crippen molar-refractivity contribution in [2.24, 2.45) is 0 Å². The van der Waals surface area contributed by atoms with E-state index in [0.717, 1.165) is 32.1 Å². The van der Waals surface area contributed by atoms with Crippen molar-refractivity contribution in [3.63, 3.8) is 0 Å². The van der Waals surface area contributed by atoms with Crippen LogP contribution in [0.1, 0.15) is 55.4 Å². The van der Waals surface area contributed by atoms with E-state index in [0.29, 0.717) is 12.1 Å². The SMILES string of the molecule is N#Cc1cccc(-c2noc(C(O)CCCCCCc3ccccc3)n2)n1. The van der Waals surface area contributed by atoms with Crippen molar-refractivity contribution in [3.05, 3.63) is 65.7 Å². The van der Waals surface area contributed by atoms with E-state index in [1.807, 2.05) is 12.1 Å². The van der Waals surface area contributed by atoms with Gasteiger partial charge in [-0.15, -0.1) is 0 Å². The number of hydrogen-bond donors (Lipinski definition) is 1. The Bertz CT molecular complexity index is 886. The number of nitriles is 1. The van der Waals surface area contributed by atoms with Crippen molar-refractivity contribution in [1.82, 2.24) is 15.1 Å². The van der Waals surface area contributed by atoms with Crippen molar-refractivity contribution in [2.75, 3.05) is 0 Å². The molecular weight excluding hydrogens is 340 g/mol. The average molecular weight is 362 g/mol. The van der Waals surface area contributed by atoms with Crippen LogP contribution in [0, 0.1) is 11.3 Å². The molecule has 0 aliphatic carbocycles.